The number of nitrogen functional groups attached to an aromatic ring is 1. The quantitative estimate of drug-likeness (QED) is 0.247. The monoisotopic (exact) mass is 463 g/mol. The van der Waals surface area contributed by atoms with Crippen LogP contribution in [0, 0.1) is 5.41 Å². The molecular weight excluding hydrogens is 445 g/mol. The van der Waals surface area contributed by atoms with E-state index in [-0.39, 0.29) is 46.2 Å². The zero-order valence-corrected chi connectivity index (χ0v) is 17.3. The molecule has 0 bridgehead atoms. The molecule has 2 aromatic rings. The van der Waals surface area contributed by atoms with Crippen LogP contribution in [-0.4, -0.2) is 46.4 Å². The van der Waals surface area contributed by atoms with E-state index >= 15 is 0 Å². The molecule has 0 spiro atoms. The number of carboxylic acids is 1. The maximum atomic E-state index is 11.9. The van der Waals surface area contributed by atoms with Gasteiger partial charge in [-0.2, -0.15) is 0 Å². The topological polar surface area (TPSA) is 149 Å². The minimum Gasteiger partial charge on any atom is -0.489 e. The van der Waals surface area contributed by atoms with E-state index in [4.69, 9.17) is 44.2 Å². The summed E-state index contributed by atoms with van der Waals surface area (Å²) in [6.45, 7) is -0.811. The van der Waals surface area contributed by atoms with Crippen LogP contribution in [0.5, 0.6) is 5.75 Å². The first kappa shape index (κ1) is 24.8. The van der Waals surface area contributed by atoms with Gasteiger partial charge in [-0.1, -0.05) is 23.2 Å². The maximum absolute atomic E-state index is 11.9. The average molecular weight is 465 g/mol. The van der Waals surface area contributed by atoms with Gasteiger partial charge in [0.1, 0.15) is 24.3 Å². The minimum absolute atomic E-state index is 0. The van der Waals surface area contributed by atoms with Crippen LogP contribution >= 0.6 is 35.6 Å². The smallest absolute Gasteiger partial charge is 0.330 e. The number of nitrogens with one attached hydrogen (secondary N) is 2. The minimum atomic E-state index is -1.28. The fourth-order valence-corrected chi connectivity index (χ4v) is 2.93. The fraction of sp³-hybridized carbons (Fsp3) is 0.222. The van der Waals surface area contributed by atoms with E-state index in [1.807, 2.05) is 0 Å². The van der Waals surface area contributed by atoms with Crippen LogP contribution in [0.2, 0.25) is 10.0 Å². The van der Waals surface area contributed by atoms with Gasteiger partial charge in [0.05, 0.1) is 11.6 Å². The van der Waals surface area contributed by atoms with Gasteiger partial charge >= 0.3 is 5.97 Å². The zero-order valence-electron chi connectivity index (χ0n) is 14.9. The number of hydrogen-bond acceptors (Lipinski definition) is 6. The number of hydrogen-bond donors (Lipinski definition) is 6. The summed E-state index contributed by atoms with van der Waals surface area (Å²) in [7, 11) is 0. The summed E-state index contributed by atoms with van der Waals surface area (Å²) in [5, 5.41) is 38.7. The molecule has 158 valence electrons. The molecule has 0 fully saturated rings. The normalized spacial score (nSPS) is 12.4. The molecular formula is C18H20Cl3N3O5. The highest BCUT2D eigenvalue weighted by atomic mass is 35.5. The van der Waals surface area contributed by atoms with Gasteiger partial charge in [0.25, 0.3) is 0 Å². The van der Waals surface area contributed by atoms with Crippen LogP contribution in [0.1, 0.15) is 17.2 Å². The van der Waals surface area contributed by atoms with Gasteiger partial charge in [-0.15, -0.1) is 12.4 Å². The molecule has 0 aliphatic rings. The van der Waals surface area contributed by atoms with E-state index in [1.165, 1.54) is 12.1 Å². The molecule has 7 N–H and O–H groups in total. The first-order valence-electron chi connectivity index (χ1n) is 8.07. The van der Waals surface area contributed by atoms with Crippen LogP contribution in [-0.2, 0) is 4.79 Å². The molecule has 2 atom stereocenters. The van der Waals surface area contributed by atoms with Gasteiger partial charge < -0.3 is 31.1 Å². The van der Waals surface area contributed by atoms with Crippen LogP contribution in [0.25, 0.3) is 0 Å². The number of aliphatic hydroxyl groups excluding tert-OH is 2. The Labute approximate surface area is 183 Å². The van der Waals surface area contributed by atoms with Gasteiger partial charge in [-0.3, -0.25) is 5.41 Å². The van der Waals surface area contributed by atoms with Crippen molar-refractivity contribution in [3.8, 4) is 5.75 Å². The standard InChI is InChI=1S/C18H19Cl2N3O5.ClH/c19-10-5-13(16(14(20)6-10)28-8-12(25)7-24)15(18(26)27)23-11-3-1-9(2-4-11)17(21)22;/h1-6,12,15,23-25H,7-8H2,(H3,21,22)(H,26,27);1H. The molecule has 11 heteroatoms. The molecule has 0 saturated heterocycles. The summed E-state index contributed by atoms with van der Waals surface area (Å²) in [4.78, 5) is 11.9. The number of nitrogens with two attached hydrogens (primary N) is 1. The van der Waals surface area contributed by atoms with Crippen molar-refractivity contribution in [2.24, 2.45) is 5.73 Å². The molecule has 0 radical (unpaired) electrons. The summed E-state index contributed by atoms with van der Waals surface area (Å²) in [6.07, 6.45) is -1.16. The van der Waals surface area contributed by atoms with Crippen molar-refractivity contribution in [1.29, 1.82) is 5.41 Å². The highest BCUT2D eigenvalue weighted by Crippen LogP contribution is 2.37. The molecule has 2 unspecified atom stereocenters. The van der Waals surface area contributed by atoms with Gasteiger partial charge in [0, 0.05) is 21.8 Å². The van der Waals surface area contributed by atoms with E-state index in [2.05, 4.69) is 5.32 Å². The number of aliphatic carboxylic acids is 1. The number of aliphatic hydroxyl groups is 2. The predicted molar refractivity (Wildman–Crippen MR) is 114 cm³/mol. The number of halogens is 3. The van der Waals surface area contributed by atoms with Gasteiger partial charge in [-0.25, -0.2) is 4.79 Å². The predicted octanol–water partition coefficient (Wildman–Crippen LogP) is 2.67. The first-order valence-corrected chi connectivity index (χ1v) is 8.83. The van der Waals surface area contributed by atoms with Crippen molar-refractivity contribution in [3.63, 3.8) is 0 Å². The fourth-order valence-electron chi connectivity index (χ4n) is 2.36. The summed E-state index contributed by atoms with van der Waals surface area (Å²) >= 11 is 12.2. The average Bonchev–Trinajstić information content (AvgIpc) is 2.64. The SMILES string of the molecule is Cl.N=C(N)c1ccc(NC(C(=O)O)c2cc(Cl)cc(Cl)c2OCC(O)CO)cc1. The molecule has 0 amide bonds. The number of carbonyl (C=O) groups is 1. The van der Waals surface area contributed by atoms with Crippen LogP contribution < -0.4 is 15.8 Å². The third kappa shape index (κ3) is 6.66. The molecule has 2 aromatic carbocycles. The Morgan fingerprint density at radius 1 is 1.24 bits per heavy atom. The van der Waals surface area contributed by atoms with Gasteiger partial charge in [0.15, 0.2) is 6.04 Å². The lowest BCUT2D eigenvalue weighted by Crippen LogP contribution is -2.24. The first-order chi connectivity index (χ1) is 13.2. The highest BCUT2D eigenvalue weighted by Gasteiger charge is 2.26. The zero-order chi connectivity index (χ0) is 20.8. The summed E-state index contributed by atoms with van der Waals surface area (Å²) in [6, 6.07) is 7.80. The van der Waals surface area contributed by atoms with Crippen molar-refractivity contribution in [3.05, 3.63) is 57.6 Å². The number of benzene rings is 2. The van der Waals surface area contributed by atoms with Gasteiger partial charge in [-0.05, 0) is 36.4 Å². The van der Waals surface area contributed by atoms with Crippen molar-refractivity contribution in [2.45, 2.75) is 12.1 Å². The largest absolute Gasteiger partial charge is 0.489 e. The van der Waals surface area contributed by atoms with Crippen molar-refractivity contribution in [2.75, 3.05) is 18.5 Å². The number of carboxylic acid groups (broad SMARTS) is 1. The summed E-state index contributed by atoms with van der Waals surface area (Å²) in [5.74, 6) is -1.30. The third-order valence-electron chi connectivity index (χ3n) is 3.73. The van der Waals surface area contributed by atoms with Crippen LogP contribution in [0.15, 0.2) is 36.4 Å². The lowest BCUT2D eigenvalue weighted by atomic mass is 10.0. The van der Waals surface area contributed by atoms with Crippen LogP contribution in [0.3, 0.4) is 0 Å². The maximum Gasteiger partial charge on any atom is 0.330 e. The molecule has 0 heterocycles. The molecule has 0 saturated carbocycles. The molecule has 0 aromatic heterocycles. The van der Waals surface area contributed by atoms with E-state index in [1.54, 1.807) is 24.3 Å². The highest BCUT2D eigenvalue weighted by molar-refractivity contribution is 6.35. The van der Waals surface area contributed by atoms with E-state index in [0.29, 0.717) is 11.3 Å². The second-order valence-electron chi connectivity index (χ2n) is 5.86. The molecule has 0 aliphatic heterocycles. The van der Waals surface area contributed by atoms with E-state index < -0.39 is 24.7 Å². The Morgan fingerprint density at radius 3 is 2.38 bits per heavy atom. The second kappa shape index (κ2) is 11.1. The van der Waals surface area contributed by atoms with Crippen LogP contribution in [0.4, 0.5) is 5.69 Å². The number of rotatable bonds is 9. The lowest BCUT2D eigenvalue weighted by Gasteiger charge is -2.21. The van der Waals surface area contributed by atoms with E-state index in [9.17, 15) is 15.0 Å². The molecule has 2 rings (SSSR count). The summed E-state index contributed by atoms with van der Waals surface area (Å²) < 4.78 is 5.45. The van der Waals surface area contributed by atoms with Gasteiger partial charge in [0.2, 0.25) is 0 Å². The molecule has 0 aliphatic carbocycles. The van der Waals surface area contributed by atoms with E-state index in [0.717, 1.165) is 0 Å². The van der Waals surface area contributed by atoms with Crippen molar-refractivity contribution < 1.29 is 24.9 Å². The van der Waals surface area contributed by atoms with Crippen molar-refractivity contribution in [1.82, 2.24) is 0 Å². The Bertz CT molecular complexity index is 865. The second-order valence-corrected chi connectivity index (χ2v) is 6.70. The molecule has 29 heavy (non-hydrogen) atoms. The third-order valence-corrected chi connectivity index (χ3v) is 4.23. The Kier molecular flexibility index (Phi) is 9.48. The molecule has 8 nitrogen and oxygen atoms in total. The summed E-state index contributed by atoms with van der Waals surface area (Å²) in [5.41, 5.74) is 6.50. The number of ether oxygens (including phenoxy) is 1. The van der Waals surface area contributed by atoms with Crippen molar-refractivity contribution >= 4 is 53.1 Å². The number of amidine groups is 1. The lowest BCUT2D eigenvalue weighted by molar-refractivity contribution is -0.138. The Hall–Kier alpha value is -2.23. The Morgan fingerprint density at radius 2 is 1.86 bits per heavy atom. The number of anilines is 1. The Balaban J connectivity index is 0.00000420.